The fourth-order valence-electron chi connectivity index (χ4n) is 1.64. The van der Waals surface area contributed by atoms with Crippen LogP contribution >= 0.6 is 0 Å². The predicted molar refractivity (Wildman–Crippen MR) is 77.8 cm³/mol. The van der Waals surface area contributed by atoms with Gasteiger partial charge in [0, 0.05) is 6.61 Å². The first kappa shape index (κ1) is 17.9. The Labute approximate surface area is 113 Å². The summed E-state index contributed by atoms with van der Waals surface area (Å²) in [7, 11) is 0. The number of ether oxygens (including phenoxy) is 2. The minimum absolute atomic E-state index is 0.103. The highest BCUT2D eigenvalue weighted by atomic mass is 16.5. The van der Waals surface area contributed by atoms with E-state index in [1.807, 2.05) is 0 Å². The lowest BCUT2D eigenvalue weighted by Crippen LogP contribution is -2.32. The molecule has 0 unspecified atom stereocenters. The molecule has 3 heteroatoms. The standard InChI is InChI=1S/C15H33NO2/c1-13(2)7-11-17-15(5,6)9-12-18-14(3,4)8-10-16/h13H,7-12,16H2,1-6H3. The first-order valence-corrected chi connectivity index (χ1v) is 7.16. The highest BCUT2D eigenvalue weighted by molar-refractivity contribution is 4.72. The zero-order valence-corrected chi connectivity index (χ0v) is 13.2. The molecule has 110 valence electrons. The molecule has 0 aliphatic heterocycles. The molecule has 0 aromatic carbocycles. The molecule has 0 aliphatic rings. The third-order valence-electron chi connectivity index (χ3n) is 3.13. The van der Waals surface area contributed by atoms with Crippen LogP contribution in [0.1, 0.15) is 60.8 Å². The van der Waals surface area contributed by atoms with Crippen LogP contribution in [0, 0.1) is 5.92 Å². The van der Waals surface area contributed by atoms with Gasteiger partial charge < -0.3 is 15.2 Å². The molecule has 2 N–H and O–H groups in total. The van der Waals surface area contributed by atoms with Crippen LogP contribution in [0.5, 0.6) is 0 Å². The maximum atomic E-state index is 5.91. The lowest BCUT2D eigenvalue weighted by Gasteiger charge is -2.29. The van der Waals surface area contributed by atoms with Gasteiger partial charge in [0.25, 0.3) is 0 Å². The van der Waals surface area contributed by atoms with E-state index >= 15 is 0 Å². The summed E-state index contributed by atoms with van der Waals surface area (Å²) in [4.78, 5) is 0. The molecule has 0 fully saturated rings. The minimum atomic E-state index is -0.122. The molecule has 0 saturated heterocycles. The van der Waals surface area contributed by atoms with Crippen LogP contribution < -0.4 is 5.73 Å². The smallest absolute Gasteiger partial charge is 0.0648 e. The van der Waals surface area contributed by atoms with E-state index in [4.69, 9.17) is 15.2 Å². The monoisotopic (exact) mass is 259 g/mol. The maximum absolute atomic E-state index is 5.91. The zero-order valence-electron chi connectivity index (χ0n) is 13.2. The molecule has 0 amide bonds. The van der Waals surface area contributed by atoms with Crippen molar-refractivity contribution >= 4 is 0 Å². The van der Waals surface area contributed by atoms with Crippen LogP contribution in [-0.2, 0) is 9.47 Å². The average Bonchev–Trinajstić information content (AvgIpc) is 2.15. The van der Waals surface area contributed by atoms with E-state index in [0.717, 1.165) is 32.5 Å². The van der Waals surface area contributed by atoms with Crippen molar-refractivity contribution in [2.24, 2.45) is 11.7 Å². The van der Waals surface area contributed by atoms with E-state index in [9.17, 15) is 0 Å². The average molecular weight is 259 g/mol. The molecular formula is C15H33NO2. The van der Waals surface area contributed by atoms with Crippen molar-refractivity contribution in [1.82, 2.24) is 0 Å². The van der Waals surface area contributed by atoms with Crippen molar-refractivity contribution in [2.45, 2.75) is 72.0 Å². The fraction of sp³-hybridized carbons (Fsp3) is 1.00. The Morgan fingerprint density at radius 2 is 1.39 bits per heavy atom. The van der Waals surface area contributed by atoms with Crippen molar-refractivity contribution in [3.05, 3.63) is 0 Å². The SMILES string of the molecule is CC(C)CCOC(C)(C)CCOC(C)(C)CCN. The van der Waals surface area contributed by atoms with E-state index in [-0.39, 0.29) is 11.2 Å². The van der Waals surface area contributed by atoms with Crippen LogP contribution in [0.25, 0.3) is 0 Å². The third kappa shape index (κ3) is 9.86. The summed E-state index contributed by atoms with van der Waals surface area (Å²) >= 11 is 0. The van der Waals surface area contributed by atoms with E-state index in [1.54, 1.807) is 0 Å². The molecule has 0 aliphatic carbocycles. The predicted octanol–water partition coefficient (Wildman–Crippen LogP) is 3.36. The molecule has 3 nitrogen and oxygen atoms in total. The minimum Gasteiger partial charge on any atom is -0.375 e. The van der Waals surface area contributed by atoms with Crippen molar-refractivity contribution in [3.8, 4) is 0 Å². The van der Waals surface area contributed by atoms with Gasteiger partial charge in [-0.1, -0.05) is 13.8 Å². The van der Waals surface area contributed by atoms with Gasteiger partial charge in [-0.15, -0.1) is 0 Å². The zero-order chi connectivity index (χ0) is 14.2. The maximum Gasteiger partial charge on any atom is 0.0648 e. The quantitative estimate of drug-likeness (QED) is 0.654. The summed E-state index contributed by atoms with van der Waals surface area (Å²) in [6, 6.07) is 0. The van der Waals surface area contributed by atoms with E-state index in [0.29, 0.717) is 12.5 Å². The van der Waals surface area contributed by atoms with Gasteiger partial charge in [0.05, 0.1) is 17.8 Å². The second kappa shape index (κ2) is 8.13. The van der Waals surface area contributed by atoms with Crippen LogP contribution in [0.3, 0.4) is 0 Å². The molecule has 0 aromatic heterocycles. The van der Waals surface area contributed by atoms with Crippen molar-refractivity contribution in [3.63, 3.8) is 0 Å². The Bertz CT molecular complexity index is 213. The van der Waals surface area contributed by atoms with Crippen molar-refractivity contribution in [2.75, 3.05) is 19.8 Å². The number of nitrogens with two attached hydrogens (primary N) is 1. The van der Waals surface area contributed by atoms with Gasteiger partial charge in [-0.05, 0) is 59.4 Å². The van der Waals surface area contributed by atoms with Crippen molar-refractivity contribution in [1.29, 1.82) is 0 Å². The van der Waals surface area contributed by atoms with E-state index in [2.05, 4.69) is 41.5 Å². The second-order valence-electron chi connectivity index (χ2n) is 6.69. The Kier molecular flexibility index (Phi) is 8.08. The topological polar surface area (TPSA) is 44.5 Å². The molecule has 0 spiro atoms. The highest BCUT2D eigenvalue weighted by Gasteiger charge is 2.22. The van der Waals surface area contributed by atoms with Gasteiger partial charge in [-0.3, -0.25) is 0 Å². The molecule has 0 saturated carbocycles. The lowest BCUT2D eigenvalue weighted by atomic mass is 10.0. The largest absolute Gasteiger partial charge is 0.375 e. The summed E-state index contributed by atoms with van der Waals surface area (Å²) in [6.45, 7) is 15.1. The van der Waals surface area contributed by atoms with Gasteiger partial charge >= 0.3 is 0 Å². The molecule has 0 heterocycles. The number of hydrogen-bond acceptors (Lipinski definition) is 3. The Morgan fingerprint density at radius 3 is 1.89 bits per heavy atom. The summed E-state index contributed by atoms with van der Waals surface area (Å²) in [5, 5.41) is 0. The fourth-order valence-corrected chi connectivity index (χ4v) is 1.64. The Morgan fingerprint density at radius 1 is 0.889 bits per heavy atom. The molecule has 0 bridgehead atoms. The summed E-state index contributed by atoms with van der Waals surface area (Å²) in [5.41, 5.74) is 5.34. The molecular weight excluding hydrogens is 226 g/mol. The van der Waals surface area contributed by atoms with E-state index < -0.39 is 0 Å². The van der Waals surface area contributed by atoms with Crippen LogP contribution in [-0.4, -0.2) is 31.0 Å². The molecule has 0 aromatic rings. The van der Waals surface area contributed by atoms with Crippen molar-refractivity contribution < 1.29 is 9.47 Å². The van der Waals surface area contributed by atoms with Gasteiger partial charge in [0.1, 0.15) is 0 Å². The first-order valence-electron chi connectivity index (χ1n) is 7.16. The van der Waals surface area contributed by atoms with Gasteiger partial charge in [0.2, 0.25) is 0 Å². The third-order valence-corrected chi connectivity index (χ3v) is 3.13. The summed E-state index contributed by atoms with van der Waals surface area (Å²) < 4.78 is 11.8. The van der Waals surface area contributed by atoms with Gasteiger partial charge in [0.15, 0.2) is 0 Å². The molecule has 0 rings (SSSR count). The highest BCUT2D eigenvalue weighted by Crippen LogP contribution is 2.19. The normalized spacial score (nSPS) is 13.3. The van der Waals surface area contributed by atoms with Crippen LogP contribution in [0.2, 0.25) is 0 Å². The van der Waals surface area contributed by atoms with E-state index in [1.165, 1.54) is 0 Å². The molecule has 18 heavy (non-hydrogen) atoms. The van der Waals surface area contributed by atoms with Gasteiger partial charge in [-0.25, -0.2) is 0 Å². The summed E-state index contributed by atoms with van der Waals surface area (Å²) in [5.74, 6) is 0.695. The summed E-state index contributed by atoms with van der Waals surface area (Å²) in [6.07, 6.45) is 2.92. The Hall–Kier alpha value is -0.120. The van der Waals surface area contributed by atoms with Crippen LogP contribution in [0.4, 0.5) is 0 Å². The number of rotatable bonds is 10. The van der Waals surface area contributed by atoms with Crippen LogP contribution in [0.15, 0.2) is 0 Å². The number of hydrogen-bond donors (Lipinski definition) is 1. The molecule has 0 atom stereocenters. The second-order valence-corrected chi connectivity index (χ2v) is 6.69. The first-order chi connectivity index (χ1) is 8.18. The molecule has 0 radical (unpaired) electrons. The van der Waals surface area contributed by atoms with Gasteiger partial charge in [-0.2, -0.15) is 0 Å². The Balaban J connectivity index is 3.82. The lowest BCUT2D eigenvalue weighted by molar-refractivity contribution is -0.0751.